The Labute approximate surface area is 206 Å². The second-order valence-corrected chi connectivity index (χ2v) is 9.64. The Balaban J connectivity index is 1.27. The summed E-state index contributed by atoms with van der Waals surface area (Å²) in [6.07, 6.45) is 1.77. The number of likely N-dealkylation sites (tertiary alicyclic amines) is 1. The largest absolute Gasteiger partial charge is 0.491 e. The van der Waals surface area contributed by atoms with Gasteiger partial charge >= 0.3 is 0 Å². The molecule has 7 nitrogen and oxygen atoms in total. The molecule has 3 heterocycles. The third kappa shape index (κ3) is 5.24. The van der Waals surface area contributed by atoms with Gasteiger partial charge < -0.3 is 14.2 Å². The highest BCUT2D eigenvalue weighted by Gasteiger charge is 2.30. The molecule has 2 aromatic carbocycles. The average Bonchev–Trinajstić information content (AvgIpc) is 3.55. The van der Waals surface area contributed by atoms with Crippen molar-refractivity contribution in [3.63, 3.8) is 0 Å². The minimum Gasteiger partial charge on any atom is -0.491 e. The van der Waals surface area contributed by atoms with E-state index in [1.165, 1.54) is 23.5 Å². The molecule has 4 aromatic rings. The quantitative estimate of drug-likeness (QED) is 0.338. The summed E-state index contributed by atoms with van der Waals surface area (Å²) in [5.74, 6) is 1.07. The van der Waals surface area contributed by atoms with Gasteiger partial charge in [-0.1, -0.05) is 17.3 Å². The van der Waals surface area contributed by atoms with Crippen molar-refractivity contribution in [3.05, 3.63) is 71.3 Å². The van der Waals surface area contributed by atoms with Crippen LogP contribution in [0.4, 0.5) is 4.39 Å². The number of hydrogen-bond donors (Lipinski definition) is 0. The number of thiazole rings is 1. The molecule has 1 atom stereocenters. The van der Waals surface area contributed by atoms with E-state index >= 15 is 0 Å². The third-order valence-electron chi connectivity index (χ3n) is 5.78. The molecule has 0 bridgehead atoms. The highest BCUT2D eigenvalue weighted by molar-refractivity contribution is 7.13. The monoisotopic (exact) mass is 492 g/mol. The van der Waals surface area contributed by atoms with Crippen molar-refractivity contribution in [1.82, 2.24) is 20.0 Å². The molecule has 0 spiro atoms. The molecular formula is C26H25FN4O3S. The van der Waals surface area contributed by atoms with Crippen LogP contribution in [-0.2, 0) is 0 Å². The zero-order valence-corrected chi connectivity index (χ0v) is 20.3. The third-order valence-corrected chi connectivity index (χ3v) is 6.67. The van der Waals surface area contributed by atoms with Crippen LogP contribution in [0.25, 0.3) is 22.0 Å². The Kier molecular flexibility index (Phi) is 6.59. The summed E-state index contributed by atoms with van der Waals surface area (Å²) in [7, 11) is 0. The Morgan fingerprint density at radius 2 is 2.00 bits per heavy atom. The first-order valence-electron chi connectivity index (χ1n) is 11.6. The van der Waals surface area contributed by atoms with Gasteiger partial charge in [-0.3, -0.25) is 4.79 Å². The van der Waals surface area contributed by atoms with Gasteiger partial charge in [0.1, 0.15) is 22.3 Å². The van der Waals surface area contributed by atoms with Crippen LogP contribution in [0.15, 0.2) is 58.4 Å². The Bertz CT molecular complexity index is 1320. The molecule has 0 saturated carbocycles. The Morgan fingerprint density at radius 1 is 1.17 bits per heavy atom. The van der Waals surface area contributed by atoms with Crippen molar-refractivity contribution >= 4 is 17.2 Å². The number of ether oxygens (including phenoxy) is 1. The first kappa shape index (κ1) is 23.2. The number of benzene rings is 2. The van der Waals surface area contributed by atoms with E-state index in [9.17, 15) is 9.18 Å². The molecule has 0 N–H and O–H groups in total. The summed E-state index contributed by atoms with van der Waals surface area (Å²) in [6.45, 7) is 5.09. The molecule has 1 fully saturated rings. The van der Waals surface area contributed by atoms with Crippen molar-refractivity contribution < 1.29 is 18.4 Å². The van der Waals surface area contributed by atoms with E-state index in [0.717, 1.165) is 29.2 Å². The molecular weight excluding hydrogens is 467 g/mol. The first-order valence-corrected chi connectivity index (χ1v) is 12.5. The minimum atomic E-state index is -0.356. The fourth-order valence-electron chi connectivity index (χ4n) is 4.12. The van der Waals surface area contributed by atoms with Crippen LogP contribution in [0.2, 0.25) is 0 Å². The van der Waals surface area contributed by atoms with Crippen LogP contribution in [0.3, 0.4) is 0 Å². The van der Waals surface area contributed by atoms with E-state index in [4.69, 9.17) is 9.26 Å². The molecule has 5 rings (SSSR count). The molecule has 180 valence electrons. The lowest BCUT2D eigenvalue weighted by Gasteiger charge is -2.30. The van der Waals surface area contributed by atoms with Gasteiger partial charge in [-0.2, -0.15) is 4.98 Å². The first-order chi connectivity index (χ1) is 17.0. The number of carbonyl (C=O) groups is 1. The number of piperidine rings is 1. The highest BCUT2D eigenvalue weighted by atomic mass is 32.1. The second-order valence-electron chi connectivity index (χ2n) is 8.79. The van der Waals surface area contributed by atoms with Crippen LogP contribution in [-0.4, -0.2) is 45.1 Å². The molecule has 0 aliphatic carbocycles. The van der Waals surface area contributed by atoms with Crippen LogP contribution in [0, 0.1) is 5.82 Å². The lowest BCUT2D eigenvalue weighted by molar-refractivity contribution is 0.0690. The van der Waals surface area contributed by atoms with Crippen LogP contribution in [0.5, 0.6) is 5.75 Å². The van der Waals surface area contributed by atoms with Gasteiger partial charge in [0.2, 0.25) is 11.7 Å². The maximum atomic E-state index is 13.5. The zero-order valence-electron chi connectivity index (χ0n) is 19.5. The van der Waals surface area contributed by atoms with Gasteiger partial charge in [0, 0.05) is 29.6 Å². The van der Waals surface area contributed by atoms with Gasteiger partial charge in [0.15, 0.2) is 0 Å². The van der Waals surface area contributed by atoms with Crippen LogP contribution >= 0.6 is 11.3 Å². The summed E-state index contributed by atoms with van der Waals surface area (Å²) in [4.78, 5) is 24.1. The van der Waals surface area contributed by atoms with E-state index in [0.29, 0.717) is 36.1 Å². The van der Waals surface area contributed by atoms with Crippen molar-refractivity contribution in [2.75, 3.05) is 13.1 Å². The summed E-state index contributed by atoms with van der Waals surface area (Å²) in [5.41, 5.74) is 1.93. The van der Waals surface area contributed by atoms with Gasteiger partial charge in [0.25, 0.3) is 5.91 Å². The van der Waals surface area contributed by atoms with E-state index in [-0.39, 0.29) is 23.7 Å². The number of nitrogens with zero attached hydrogens (tertiary/aromatic N) is 4. The number of aromatic nitrogens is 3. The molecule has 9 heteroatoms. The Hall–Kier alpha value is -3.59. The lowest BCUT2D eigenvalue weighted by atomic mass is 9.97. The zero-order chi connectivity index (χ0) is 24.4. The predicted octanol–water partition coefficient (Wildman–Crippen LogP) is 5.81. The number of amides is 1. The van der Waals surface area contributed by atoms with Gasteiger partial charge in [-0.15, -0.1) is 11.3 Å². The number of halogens is 1. The minimum absolute atomic E-state index is 0.0749. The van der Waals surface area contributed by atoms with Crippen molar-refractivity contribution in [1.29, 1.82) is 0 Å². The van der Waals surface area contributed by atoms with Crippen molar-refractivity contribution in [2.24, 2.45) is 0 Å². The second kappa shape index (κ2) is 9.95. The standard InChI is InChI=1S/C26H25FN4O3S/c1-16(2)33-21-10-8-17(9-11-21)25-28-22(15-35-25)26(32)31-12-4-6-19(14-31)24-29-23(30-34-24)18-5-3-7-20(27)13-18/h3,5,7-11,13,15-16,19H,4,6,12,14H2,1-2H3. The normalized spacial score (nSPS) is 16.0. The molecule has 0 radical (unpaired) electrons. The van der Waals surface area contributed by atoms with E-state index in [1.54, 1.807) is 22.4 Å². The molecule has 1 amide bonds. The summed E-state index contributed by atoms with van der Waals surface area (Å²) in [5, 5.41) is 6.60. The molecule has 2 aromatic heterocycles. The molecule has 1 aliphatic heterocycles. The fourth-order valence-corrected chi connectivity index (χ4v) is 4.92. The predicted molar refractivity (Wildman–Crippen MR) is 131 cm³/mol. The number of rotatable bonds is 6. The molecule has 35 heavy (non-hydrogen) atoms. The van der Waals surface area contributed by atoms with Crippen molar-refractivity contribution in [2.45, 2.75) is 38.7 Å². The van der Waals surface area contributed by atoms with Gasteiger partial charge in [-0.25, -0.2) is 9.37 Å². The van der Waals surface area contributed by atoms with Gasteiger partial charge in [-0.05, 0) is 63.1 Å². The van der Waals surface area contributed by atoms with E-state index in [1.807, 2.05) is 38.1 Å². The number of carbonyl (C=O) groups excluding carboxylic acids is 1. The summed E-state index contributed by atoms with van der Waals surface area (Å²) in [6, 6.07) is 13.8. The fraction of sp³-hybridized carbons (Fsp3) is 0.308. The smallest absolute Gasteiger partial charge is 0.273 e. The molecule has 1 saturated heterocycles. The SMILES string of the molecule is CC(C)Oc1ccc(-c2nc(C(=O)N3CCCC(c4nc(-c5cccc(F)c5)no4)C3)cs2)cc1. The molecule has 1 unspecified atom stereocenters. The van der Waals surface area contributed by atoms with E-state index in [2.05, 4.69) is 15.1 Å². The van der Waals surface area contributed by atoms with Crippen LogP contribution in [0.1, 0.15) is 49.0 Å². The topological polar surface area (TPSA) is 81.4 Å². The summed E-state index contributed by atoms with van der Waals surface area (Å²) < 4.78 is 24.7. The Morgan fingerprint density at radius 3 is 2.77 bits per heavy atom. The maximum absolute atomic E-state index is 13.5. The molecule has 1 aliphatic rings. The van der Waals surface area contributed by atoms with Crippen molar-refractivity contribution in [3.8, 4) is 27.7 Å². The summed E-state index contributed by atoms with van der Waals surface area (Å²) >= 11 is 1.44. The lowest BCUT2D eigenvalue weighted by Crippen LogP contribution is -2.39. The van der Waals surface area contributed by atoms with Crippen LogP contribution < -0.4 is 4.74 Å². The van der Waals surface area contributed by atoms with E-state index < -0.39 is 0 Å². The highest BCUT2D eigenvalue weighted by Crippen LogP contribution is 2.30. The average molecular weight is 493 g/mol. The maximum Gasteiger partial charge on any atom is 0.273 e. The number of hydrogen-bond acceptors (Lipinski definition) is 7. The van der Waals surface area contributed by atoms with Gasteiger partial charge in [0.05, 0.1) is 12.0 Å².